The summed E-state index contributed by atoms with van der Waals surface area (Å²) in [5.41, 5.74) is 9.57. The lowest BCUT2D eigenvalue weighted by Crippen LogP contribution is -2.29. The zero-order valence-corrected chi connectivity index (χ0v) is 9.66. The van der Waals surface area contributed by atoms with E-state index in [2.05, 4.69) is 24.8 Å². The average Bonchev–Trinajstić information content (AvgIpc) is 2.65. The zero-order chi connectivity index (χ0) is 10.8. The van der Waals surface area contributed by atoms with Crippen molar-refractivity contribution in [2.75, 3.05) is 17.2 Å². The van der Waals surface area contributed by atoms with Crippen LogP contribution in [0.15, 0.2) is 18.2 Å². The van der Waals surface area contributed by atoms with Gasteiger partial charge in [-0.3, -0.25) is 0 Å². The summed E-state index contributed by atoms with van der Waals surface area (Å²) in [5, 5.41) is 0. The van der Waals surface area contributed by atoms with E-state index >= 15 is 0 Å². The molecule has 1 unspecified atom stereocenters. The van der Waals surface area contributed by atoms with Gasteiger partial charge in [-0.2, -0.15) is 0 Å². The summed E-state index contributed by atoms with van der Waals surface area (Å²) < 4.78 is 0. The smallest absolute Gasteiger partial charge is 0.0632 e. The minimum atomic E-state index is 0.688. The van der Waals surface area contributed by atoms with E-state index in [1.54, 1.807) is 0 Å². The van der Waals surface area contributed by atoms with Gasteiger partial charge in [0.2, 0.25) is 0 Å². The molecule has 0 amide bonds. The molecular weight excluding hydrogens is 184 g/mol. The van der Waals surface area contributed by atoms with Crippen molar-refractivity contribution in [1.29, 1.82) is 0 Å². The first-order chi connectivity index (χ1) is 7.24. The SMILES string of the molecule is CCC1CCCN1c1c(C)cccc1N. The minimum Gasteiger partial charge on any atom is -0.397 e. The van der Waals surface area contributed by atoms with Crippen molar-refractivity contribution in [3.63, 3.8) is 0 Å². The molecule has 1 saturated heterocycles. The molecule has 2 rings (SSSR count). The predicted octanol–water partition coefficient (Wildman–Crippen LogP) is 2.96. The van der Waals surface area contributed by atoms with Gasteiger partial charge < -0.3 is 10.6 Å². The third kappa shape index (κ3) is 1.81. The molecule has 2 heteroatoms. The van der Waals surface area contributed by atoms with Crippen molar-refractivity contribution in [3.05, 3.63) is 23.8 Å². The summed E-state index contributed by atoms with van der Waals surface area (Å²) in [5.74, 6) is 0. The second-order valence-corrected chi connectivity index (χ2v) is 4.41. The van der Waals surface area contributed by atoms with Crippen LogP contribution in [0.25, 0.3) is 0 Å². The van der Waals surface area contributed by atoms with E-state index in [1.807, 2.05) is 12.1 Å². The lowest BCUT2D eigenvalue weighted by atomic mass is 10.1. The number of nitrogens with two attached hydrogens (primary N) is 1. The molecule has 2 nitrogen and oxygen atoms in total. The van der Waals surface area contributed by atoms with Crippen molar-refractivity contribution in [2.24, 2.45) is 0 Å². The number of rotatable bonds is 2. The first-order valence-electron chi connectivity index (χ1n) is 5.85. The number of benzene rings is 1. The third-order valence-corrected chi connectivity index (χ3v) is 3.40. The Labute approximate surface area is 92.1 Å². The van der Waals surface area contributed by atoms with Crippen LogP contribution in [0.2, 0.25) is 0 Å². The van der Waals surface area contributed by atoms with Crippen LogP contribution in [0.5, 0.6) is 0 Å². The van der Waals surface area contributed by atoms with E-state index in [0.29, 0.717) is 6.04 Å². The molecule has 1 aliphatic rings. The van der Waals surface area contributed by atoms with Crippen LogP contribution in [0.4, 0.5) is 11.4 Å². The maximum absolute atomic E-state index is 6.08. The van der Waals surface area contributed by atoms with E-state index in [-0.39, 0.29) is 0 Å². The number of hydrogen-bond donors (Lipinski definition) is 1. The standard InChI is InChI=1S/C13H20N2/c1-3-11-7-5-9-15(11)13-10(2)6-4-8-12(13)14/h4,6,8,11H,3,5,7,9,14H2,1-2H3. The minimum absolute atomic E-state index is 0.688. The molecule has 1 aliphatic heterocycles. The summed E-state index contributed by atoms with van der Waals surface area (Å²) in [4.78, 5) is 2.49. The van der Waals surface area contributed by atoms with Gasteiger partial charge in [0.1, 0.15) is 0 Å². The third-order valence-electron chi connectivity index (χ3n) is 3.40. The second-order valence-electron chi connectivity index (χ2n) is 4.41. The van der Waals surface area contributed by atoms with Crippen LogP contribution in [0.1, 0.15) is 31.7 Å². The van der Waals surface area contributed by atoms with Gasteiger partial charge in [0.05, 0.1) is 11.4 Å². The lowest BCUT2D eigenvalue weighted by molar-refractivity contribution is 0.645. The van der Waals surface area contributed by atoms with E-state index in [1.165, 1.54) is 30.5 Å². The Morgan fingerprint density at radius 2 is 2.27 bits per heavy atom. The summed E-state index contributed by atoms with van der Waals surface area (Å²) >= 11 is 0. The van der Waals surface area contributed by atoms with Gasteiger partial charge in [0, 0.05) is 12.6 Å². The molecule has 1 fully saturated rings. The number of hydrogen-bond acceptors (Lipinski definition) is 2. The van der Waals surface area contributed by atoms with Crippen LogP contribution in [-0.4, -0.2) is 12.6 Å². The second kappa shape index (κ2) is 4.13. The number of anilines is 2. The fourth-order valence-electron chi connectivity index (χ4n) is 2.63. The van der Waals surface area contributed by atoms with Crippen LogP contribution >= 0.6 is 0 Å². The number of para-hydroxylation sites is 1. The molecule has 15 heavy (non-hydrogen) atoms. The Morgan fingerprint density at radius 3 is 2.93 bits per heavy atom. The molecule has 1 aromatic carbocycles. The van der Waals surface area contributed by atoms with Gasteiger partial charge in [0.15, 0.2) is 0 Å². The maximum Gasteiger partial charge on any atom is 0.0632 e. The van der Waals surface area contributed by atoms with E-state index in [4.69, 9.17) is 5.73 Å². The highest BCUT2D eigenvalue weighted by atomic mass is 15.2. The molecular formula is C13H20N2. The highest BCUT2D eigenvalue weighted by molar-refractivity contribution is 5.72. The topological polar surface area (TPSA) is 29.3 Å². The highest BCUT2D eigenvalue weighted by Crippen LogP contribution is 2.34. The van der Waals surface area contributed by atoms with Gasteiger partial charge in [-0.1, -0.05) is 19.1 Å². The average molecular weight is 204 g/mol. The monoisotopic (exact) mass is 204 g/mol. The number of nitrogens with zero attached hydrogens (tertiary/aromatic N) is 1. The summed E-state index contributed by atoms with van der Waals surface area (Å²) in [6.45, 7) is 5.57. The van der Waals surface area contributed by atoms with Crippen molar-refractivity contribution in [1.82, 2.24) is 0 Å². The number of nitrogen functional groups attached to an aromatic ring is 1. The first kappa shape index (κ1) is 10.3. The fraction of sp³-hybridized carbons (Fsp3) is 0.538. The Kier molecular flexibility index (Phi) is 2.85. The lowest BCUT2D eigenvalue weighted by Gasteiger charge is -2.28. The quantitative estimate of drug-likeness (QED) is 0.750. The fourth-order valence-corrected chi connectivity index (χ4v) is 2.63. The Balaban J connectivity index is 2.36. The van der Waals surface area contributed by atoms with Gasteiger partial charge in [-0.15, -0.1) is 0 Å². The molecule has 82 valence electrons. The molecule has 1 heterocycles. The molecule has 0 aliphatic carbocycles. The Hall–Kier alpha value is -1.18. The Morgan fingerprint density at radius 1 is 1.47 bits per heavy atom. The van der Waals surface area contributed by atoms with Gasteiger partial charge in [0.25, 0.3) is 0 Å². The normalized spacial score (nSPS) is 20.9. The van der Waals surface area contributed by atoms with Crippen LogP contribution in [0, 0.1) is 6.92 Å². The molecule has 0 radical (unpaired) electrons. The van der Waals surface area contributed by atoms with E-state index in [9.17, 15) is 0 Å². The molecule has 0 spiro atoms. The summed E-state index contributed by atoms with van der Waals surface area (Å²) in [6.07, 6.45) is 3.82. The predicted molar refractivity (Wildman–Crippen MR) is 66.3 cm³/mol. The zero-order valence-electron chi connectivity index (χ0n) is 9.66. The molecule has 0 saturated carbocycles. The van der Waals surface area contributed by atoms with Crippen molar-refractivity contribution in [3.8, 4) is 0 Å². The van der Waals surface area contributed by atoms with Crippen molar-refractivity contribution in [2.45, 2.75) is 39.2 Å². The van der Waals surface area contributed by atoms with Crippen molar-refractivity contribution >= 4 is 11.4 Å². The van der Waals surface area contributed by atoms with Crippen LogP contribution < -0.4 is 10.6 Å². The highest BCUT2D eigenvalue weighted by Gasteiger charge is 2.25. The van der Waals surface area contributed by atoms with Gasteiger partial charge in [-0.25, -0.2) is 0 Å². The summed E-state index contributed by atoms with van der Waals surface area (Å²) in [7, 11) is 0. The Bertz CT molecular complexity index is 326. The molecule has 0 bridgehead atoms. The largest absolute Gasteiger partial charge is 0.397 e. The molecule has 1 aromatic rings. The van der Waals surface area contributed by atoms with E-state index in [0.717, 1.165) is 12.2 Å². The van der Waals surface area contributed by atoms with Crippen molar-refractivity contribution < 1.29 is 0 Å². The van der Waals surface area contributed by atoms with Crippen LogP contribution in [-0.2, 0) is 0 Å². The molecule has 0 aromatic heterocycles. The van der Waals surface area contributed by atoms with Gasteiger partial charge in [-0.05, 0) is 37.8 Å². The molecule has 1 atom stereocenters. The van der Waals surface area contributed by atoms with Crippen LogP contribution in [0.3, 0.4) is 0 Å². The summed E-state index contributed by atoms with van der Waals surface area (Å²) in [6, 6.07) is 6.88. The van der Waals surface area contributed by atoms with Gasteiger partial charge >= 0.3 is 0 Å². The molecule has 2 N–H and O–H groups in total. The first-order valence-corrected chi connectivity index (χ1v) is 5.85. The number of aryl methyl sites for hydroxylation is 1. The maximum atomic E-state index is 6.08. The van der Waals surface area contributed by atoms with E-state index < -0.39 is 0 Å².